The largest absolute Gasteiger partial charge is 0.493 e. The fraction of sp³-hybridized carbons (Fsp3) is 0.267. The lowest BCUT2D eigenvalue weighted by molar-refractivity contribution is 0.0744. The molecule has 1 aromatic heterocycles. The fourth-order valence-corrected chi connectivity index (χ4v) is 4.38. The van der Waals surface area contributed by atoms with Gasteiger partial charge in [-0.2, -0.15) is 0 Å². The molecular weight excluding hydrogens is 452 g/mol. The minimum absolute atomic E-state index is 0.176. The van der Waals surface area contributed by atoms with Crippen molar-refractivity contribution in [3.8, 4) is 11.5 Å². The minimum Gasteiger partial charge on any atom is -0.493 e. The van der Waals surface area contributed by atoms with E-state index in [2.05, 4.69) is 43.1 Å². The first-order valence-electron chi connectivity index (χ1n) is 12.1. The normalized spacial score (nSPS) is 10.9. The van der Waals surface area contributed by atoms with Gasteiger partial charge in [0.15, 0.2) is 11.5 Å². The molecule has 0 aliphatic rings. The summed E-state index contributed by atoms with van der Waals surface area (Å²) in [7, 11) is 3.10. The van der Waals surface area contributed by atoms with Crippen LogP contribution in [-0.2, 0) is 19.4 Å². The van der Waals surface area contributed by atoms with Crippen molar-refractivity contribution in [3.63, 3.8) is 0 Å². The van der Waals surface area contributed by atoms with Crippen molar-refractivity contribution >= 4 is 16.8 Å². The van der Waals surface area contributed by atoms with Gasteiger partial charge < -0.3 is 19.4 Å². The third kappa shape index (κ3) is 5.60. The number of methoxy groups -OCH3 is 2. The van der Waals surface area contributed by atoms with E-state index in [9.17, 15) is 9.59 Å². The monoisotopic (exact) mass is 484 g/mol. The van der Waals surface area contributed by atoms with Crippen molar-refractivity contribution in [1.82, 2.24) is 9.88 Å². The molecule has 6 heteroatoms. The molecule has 0 fully saturated rings. The van der Waals surface area contributed by atoms with Crippen molar-refractivity contribution in [3.05, 3.63) is 105 Å². The van der Waals surface area contributed by atoms with Crippen LogP contribution in [0.1, 0.15) is 39.5 Å². The molecule has 0 bridgehead atoms. The van der Waals surface area contributed by atoms with Gasteiger partial charge in [-0.15, -0.1) is 0 Å². The lowest BCUT2D eigenvalue weighted by Crippen LogP contribution is -2.34. The molecule has 186 valence electrons. The molecule has 0 radical (unpaired) electrons. The third-order valence-corrected chi connectivity index (χ3v) is 6.43. The zero-order chi connectivity index (χ0) is 25.7. The summed E-state index contributed by atoms with van der Waals surface area (Å²) in [4.78, 5) is 31.4. The number of hydrogen-bond acceptors (Lipinski definition) is 4. The number of aryl methyl sites for hydroxylation is 2. The Hall–Kier alpha value is -4.06. The standard InChI is InChI=1S/C30H32N2O4/c1-5-21-9-11-26-24(16-21)17-25(29(33)31-26)19-32(14-13-22-8-6-7-20(2)15-22)30(34)23-10-12-27(35-3)28(18-23)36-4/h6-12,15-18H,5,13-14,19H2,1-4H3,(H,31,33). The summed E-state index contributed by atoms with van der Waals surface area (Å²) in [6.45, 7) is 4.81. The van der Waals surface area contributed by atoms with Gasteiger partial charge in [-0.1, -0.05) is 42.8 Å². The van der Waals surface area contributed by atoms with Crippen molar-refractivity contribution in [2.45, 2.75) is 33.2 Å². The van der Waals surface area contributed by atoms with E-state index in [0.29, 0.717) is 35.6 Å². The second kappa shape index (κ2) is 11.1. The Morgan fingerprint density at radius 2 is 1.72 bits per heavy atom. The number of ether oxygens (including phenoxy) is 2. The maximum Gasteiger partial charge on any atom is 0.254 e. The van der Waals surface area contributed by atoms with Crippen LogP contribution in [0.2, 0.25) is 0 Å². The summed E-state index contributed by atoms with van der Waals surface area (Å²) in [5.74, 6) is 0.862. The van der Waals surface area contributed by atoms with Gasteiger partial charge in [0.2, 0.25) is 0 Å². The molecule has 0 saturated carbocycles. The zero-order valence-corrected chi connectivity index (χ0v) is 21.3. The van der Waals surface area contributed by atoms with Crippen LogP contribution in [-0.4, -0.2) is 36.6 Å². The number of nitrogens with zero attached hydrogens (tertiary/aromatic N) is 1. The van der Waals surface area contributed by atoms with Crippen molar-refractivity contribution in [2.75, 3.05) is 20.8 Å². The van der Waals surface area contributed by atoms with E-state index >= 15 is 0 Å². The molecule has 3 aromatic carbocycles. The highest BCUT2D eigenvalue weighted by Gasteiger charge is 2.20. The van der Waals surface area contributed by atoms with E-state index in [-0.39, 0.29) is 18.0 Å². The number of amides is 1. The van der Waals surface area contributed by atoms with E-state index in [1.807, 2.05) is 24.3 Å². The zero-order valence-electron chi connectivity index (χ0n) is 21.3. The lowest BCUT2D eigenvalue weighted by Gasteiger charge is -2.23. The van der Waals surface area contributed by atoms with Gasteiger partial charge >= 0.3 is 0 Å². The molecule has 0 unspecified atom stereocenters. The van der Waals surface area contributed by atoms with Crippen molar-refractivity contribution in [2.24, 2.45) is 0 Å². The molecule has 4 rings (SSSR count). The molecule has 1 heterocycles. The van der Waals surface area contributed by atoms with Gasteiger partial charge in [0.1, 0.15) is 0 Å². The maximum absolute atomic E-state index is 13.7. The number of carbonyl (C=O) groups is 1. The number of aromatic amines is 1. The van der Waals surface area contributed by atoms with Crippen LogP contribution in [0.4, 0.5) is 0 Å². The van der Waals surface area contributed by atoms with Gasteiger partial charge in [0.25, 0.3) is 11.5 Å². The second-order valence-electron chi connectivity index (χ2n) is 8.93. The number of hydrogen-bond donors (Lipinski definition) is 1. The van der Waals surface area contributed by atoms with Gasteiger partial charge in [-0.25, -0.2) is 0 Å². The van der Waals surface area contributed by atoms with Crippen LogP contribution < -0.4 is 15.0 Å². The average molecular weight is 485 g/mol. The molecule has 6 nitrogen and oxygen atoms in total. The molecule has 0 aliphatic heterocycles. The number of carbonyl (C=O) groups excluding carboxylic acids is 1. The molecule has 0 atom stereocenters. The smallest absolute Gasteiger partial charge is 0.254 e. The molecule has 36 heavy (non-hydrogen) atoms. The highest BCUT2D eigenvalue weighted by atomic mass is 16.5. The summed E-state index contributed by atoms with van der Waals surface area (Å²) < 4.78 is 10.7. The molecular formula is C30H32N2O4. The third-order valence-electron chi connectivity index (χ3n) is 6.43. The number of fused-ring (bicyclic) bond motifs is 1. The summed E-state index contributed by atoms with van der Waals surface area (Å²) in [6.07, 6.45) is 1.58. The van der Waals surface area contributed by atoms with Gasteiger partial charge in [0.05, 0.1) is 20.8 Å². The first kappa shape index (κ1) is 25.0. The average Bonchev–Trinajstić information content (AvgIpc) is 2.90. The molecule has 0 aliphatic carbocycles. The van der Waals surface area contributed by atoms with Crippen molar-refractivity contribution in [1.29, 1.82) is 0 Å². The highest BCUT2D eigenvalue weighted by molar-refractivity contribution is 5.95. The van der Waals surface area contributed by atoms with Crippen molar-refractivity contribution < 1.29 is 14.3 Å². The maximum atomic E-state index is 13.7. The number of rotatable bonds is 9. The summed E-state index contributed by atoms with van der Waals surface area (Å²) in [5, 5.41) is 0.959. The van der Waals surface area contributed by atoms with E-state index in [4.69, 9.17) is 9.47 Å². The Labute approximate surface area is 211 Å². The Bertz CT molecular complexity index is 1440. The predicted octanol–water partition coefficient (Wildman–Crippen LogP) is 5.30. The lowest BCUT2D eigenvalue weighted by atomic mass is 10.1. The summed E-state index contributed by atoms with van der Waals surface area (Å²) in [6, 6.07) is 21.3. The molecule has 0 saturated heterocycles. The van der Waals surface area contributed by atoms with E-state index in [1.165, 1.54) is 11.1 Å². The van der Waals surface area contributed by atoms with Gasteiger partial charge in [-0.3, -0.25) is 9.59 Å². The van der Waals surface area contributed by atoms with Crippen LogP contribution in [0.3, 0.4) is 0 Å². The molecule has 1 amide bonds. The fourth-order valence-electron chi connectivity index (χ4n) is 4.38. The number of pyridine rings is 1. The van der Waals surface area contributed by atoms with E-state index in [1.54, 1.807) is 37.3 Å². The predicted molar refractivity (Wildman–Crippen MR) is 143 cm³/mol. The molecule has 0 spiro atoms. The quantitative estimate of drug-likeness (QED) is 0.350. The van der Waals surface area contributed by atoms with Crippen LogP contribution in [0.15, 0.2) is 71.5 Å². The number of H-pyrrole nitrogens is 1. The molecule has 1 N–H and O–H groups in total. The number of nitrogens with one attached hydrogen (secondary N) is 1. The summed E-state index contributed by atoms with van der Waals surface area (Å²) >= 11 is 0. The Morgan fingerprint density at radius 1 is 0.917 bits per heavy atom. The second-order valence-corrected chi connectivity index (χ2v) is 8.93. The minimum atomic E-state index is -0.188. The number of aromatic nitrogens is 1. The van der Waals surface area contributed by atoms with E-state index < -0.39 is 0 Å². The Kier molecular flexibility index (Phi) is 7.74. The van der Waals surface area contributed by atoms with Crippen LogP contribution in [0.25, 0.3) is 10.9 Å². The number of benzene rings is 3. The van der Waals surface area contributed by atoms with Gasteiger partial charge in [-0.05, 0) is 72.7 Å². The Morgan fingerprint density at radius 3 is 2.44 bits per heavy atom. The Balaban J connectivity index is 1.69. The first-order chi connectivity index (χ1) is 17.4. The topological polar surface area (TPSA) is 71.6 Å². The van der Waals surface area contributed by atoms with E-state index in [0.717, 1.165) is 22.9 Å². The summed E-state index contributed by atoms with van der Waals surface area (Å²) in [5.41, 5.74) is 5.13. The van der Waals surface area contributed by atoms with Crippen LogP contribution in [0.5, 0.6) is 11.5 Å². The van der Waals surface area contributed by atoms with Crippen LogP contribution in [0, 0.1) is 6.92 Å². The first-order valence-corrected chi connectivity index (χ1v) is 12.1. The SMILES string of the molecule is CCc1ccc2[nH]c(=O)c(CN(CCc3cccc(C)c3)C(=O)c3ccc(OC)c(OC)c3)cc2c1. The highest BCUT2D eigenvalue weighted by Crippen LogP contribution is 2.28. The van der Waals surface area contributed by atoms with Gasteiger partial charge in [0, 0.05) is 23.2 Å². The van der Waals surface area contributed by atoms with Crippen LogP contribution >= 0.6 is 0 Å². The molecule has 4 aromatic rings.